The van der Waals surface area contributed by atoms with Crippen molar-refractivity contribution in [3.05, 3.63) is 107 Å². The smallest absolute Gasteiger partial charge is 0.169 e. The lowest BCUT2D eigenvalue weighted by atomic mass is 9.98. The van der Waals surface area contributed by atoms with Gasteiger partial charge in [-0.3, -0.25) is 0 Å². The molecule has 0 radical (unpaired) electrons. The van der Waals surface area contributed by atoms with Crippen LogP contribution in [0.2, 0.25) is 5.02 Å². The number of aryl methyl sites for hydroxylation is 3. The molecule has 3 heterocycles. The van der Waals surface area contributed by atoms with Gasteiger partial charge in [0.1, 0.15) is 28.7 Å². The second kappa shape index (κ2) is 10.0. The normalized spacial score (nSPS) is 12.9. The summed E-state index contributed by atoms with van der Waals surface area (Å²) in [5.74, 6) is 1.72. The van der Waals surface area contributed by atoms with Gasteiger partial charge in [-0.05, 0) is 68.1 Å². The van der Waals surface area contributed by atoms with Crippen LogP contribution in [0.15, 0.2) is 78.9 Å². The van der Waals surface area contributed by atoms with Gasteiger partial charge in [-0.2, -0.15) is 0 Å². The van der Waals surface area contributed by atoms with Crippen LogP contribution in [0.1, 0.15) is 35.5 Å². The van der Waals surface area contributed by atoms with E-state index in [2.05, 4.69) is 53.2 Å². The molecule has 0 spiro atoms. The second-order valence-electron chi connectivity index (χ2n) is 9.39. The Morgan fingerprint density at radius 1 is 1.00 bits per heavy atom. The number of hydrogen-bond acceptors (Lipinski definition) is 3. The summed E-state index contributed by atoms with van der Waals surface area (Å²) in [4.78, 5) is 0.635. The zero-order valence-corrected chi connectivity index (χ0v) is 22.1. The molecule has 3 aromatic carbocycles. The van der Waals surface area contributed by atoms with Crippen LogP contribution in [0.4, 0.5) is 5.69 Å². The molecule has 0 saturated heterocycles. The Labute approximate surface area is 226 Å². The number of benzene rings is 3. The Morgan fingerprint density at radius 3 is 2.51 bits per heavy atom. The van der Waals surface area contributed by atoms with E-state index in [-0.39, 0.29) is 0 Å². The molecule has 5 aromatic rings. The summed E-state index contributed by atoms with van der Waals surface area (Å²) in [5, 5.41) is 9.26. The number of nitrogens with one attached hydrogen (secondary N) is 1. The minimum atomic E-state index is 0.388. The Hall–Kier alpha value is -3.61. The van der Waals surface area contributed by atoms with Gasteiger partial charge in [0.2, 0.25) is 0 Å². The van der Waals surface area contributed by atoms with E-state index in [1.54, 1.807) is 0 Å². The summed E-state index contributed by atoms with van der Waals surface area (Å²) in [6, 6.07) is 26.1. The molecule has 2 aromatic heterocycles. The van der Waals surface area contributed by atoms with Crippen molar-refractivity contribution in [1.82, 2.24) is 14.2 Å². The summed E-state index contributed by atoms with van der Waals surface area (Å²) in [6.07, 6.45) is 3.14. The van der Waals surface area contributed by atoms with Gasteiger partial charge in [-0.25, -0.2) is 4.52 Å². The number of ether oxygens (including phenoxy) is 1. The maximum atomic E-state index is 6.25. The number of nitrogens with zero attached hydrogens (tertiary/aromatic N) is 3. The molecule has 1 aliphatic heterocycles. The molecular weight excluding hydrogens is 500 g/mol. The molecule has 0 fully saturated rings. The standard InChI is InChI=1S/C30H27ClN4OS/c1-20-10-16-23(17-11-20)32-29(37)28-27(21-12-14-22(31)15-13-21)25-9-5-6-18-34-26(33-35(28)30(25)34)19-36-24-7-3-2-4-8-24/h2-4,7-8,10-17H,5-6,9,18-19H2,1H3,(H,32,37). The van der Waals surface area contributed by atoms with Crippen molar-refractivity contribution in [2.45, 2.75) is 39.3 Å². The van der Waals surface area contributed by atoms with Crippen molar-refractivity contribution in [3.63, 3.8) is 0 Å². The van der Waals surface area contributed by atoms with Crippen LogP contribution in [0.25, 0.3) is 16.8 Å². The molecule has 5 nitrogen and oxygen atoms in total. The van der Waals surface area contributed by atoms with Crippen LogP contribution in [0.3, 0.4) is 0 Å². The third kappa shape index (κ3) is 4.63. The topological polar surface area (TPSA) is 43.5 Å². The van der Waals surface area contributed by atoms with Gasteiger partial charge >= 0.3 is 0 Å². The fourth-order valence-corrected chi connectivity index (χ4v) is 5.47. The van der Waals surface area contributed by atoms with Crippen LogP contribution < -0.4 is 10.1 Å². The largest absolute Gasteiger partial charge is 0.486 e. The highest BCUT2D eigenvalue weighted by atomic mass is 35.5. The van der Waals surface area contributed by atoms with E-state index in [1.165, 1.54) is 11.1 Å². The van der Waals surface area contributed by atoms with Gasteiger partial charge in [0.25, 0.3) is 0 Å². The molecule has 0 aliphatic carbocycles. The van der Waals surface area contributed by atoms with Crippen LogP contribution in [-0.4, -0.2) is 19.2 Å². The molecule has 0 amide bonds. The van der Waals surface area contributed by atoms with Gasteiger partial charge in [0, 0.05) is 28.4 Å². The van der Waals surface area contributed by atoms with Crippen LogP contribution in [0, 0.1) is 6.92 Å². The van der Waals surface area contributed by atoms with Gasteiger partial charge in [0.15, 0.2) is 5.82 Å². The molecule has 0 bridgehead atoms. The molecule has 37 heavy (non-hydrogen) atoms. The van der Waals surface area contributed by atoms with E-state index in [0.29, 0.717) is 16.6 Å². The van der Waals surface area contributed by atoms with Gasteiger partial charge in [-0.1, -0.05) is 71.8 Å². The SMILES string of the molecule is Cc1ccc(NC(=S)c2c(-c3ccc(Cl)cc3)c3c4n(c(COc5ccccc5)nn24)CCCC3)cc1. The van der Waals surface area contributed by atoms with E-state index >= 15 is 0 Å². The van der Waals surface area contributed by atoms with Crippen LogP contribution >= 0.6 is 23.8 Å². The van der Waals surface area contributed by atoms with Crippen molar-refractivity contribution in [3.8, 4) is 16.9 Å². The van der Waals surface area contributed by atoms with Crippen LogP contribution in [-0.2, 0) is 19.6 Å². The van der Waals surface area contributed by atoms with Gasteiger partial charge in [0.05, 0.1) is 0 Å². The summed E-state index contributed by atoms with van der Waals surface area (Å²) < 4.78 is 10.4. The molecule has 1 aliphatic rings. The molecule has 186 valence electrons. The Balaban J connectivity index is 1.50. The first-order valence-corrected chi connectivity index (χ1v) is 13.3. The van der Waals surface area contributed by atoms with Crippen molar-refractivity contribution >= 4 is 40.1 Å². The van der Waals surface area contributed by atoms with Gasteiger partial charge in [-0.15, -0.1) is 5.10 Å². The summed E-state index contributed by atoms with van der Waals surface area (Å²) in [6.45, 7) is 3.36. The summed E-state index contributed by atoms with van der Waals surface area (Å²) in [7, 11) is 0. The minimum absolute atomic E-state index is 0.388. The third-order valence-corrected chi connectivity index (χ3v) is 7.38. The molecule has 0 atom stereocenters. The van der Waals surface area contributed by atoms with Crippen LogP contribution in [0.5, 0.6) is 5.75 Å². The molecule has 6 rings (SSSR count). The average Bonchev–Trinajstić information content (AvgIpc) is 3.31. The van der Waals surface area contributed by atoms with E-state index in [1.807, 2.05) is 47.0 Å². The average molecular weight is 527 g/mol. The summed E-state index contributed by atoms with van der Waals surface area (Å²) in [5.41, 5.74) is 7.62. The fraction of sp³-hybridized carbons (Fsp3) is 0.200. The molecule has 1 N–H and O–H groups in total. The number of hydrogen-bond donors (Lipinski definition) is 1. The first-order chi connectivity index (χ1) is 18.1. The van der Waals surface area contributed by atoms with Crippen molar-refractivity contribution < 1.29 is 4.74 Å². The zero-order valence-electron chi connectivity index (χ0n) is 20.6. The summed E-state index contributed by atoms with van der Waals surface area (Å²) >= 11 is 12.3. The van der Waals surface area contributed by atoms with E-state index in [4.69, 9.17) is 33.7 Å². The monoisotopic (exact) mass is 526 g/mol. The van der Waals surface area contributed by atoms with Crippen molar-refractivity contribution in [2.24, 2.45) is 0 Å². The van der Waals surface area contributed by atoms with E-state index < -0.39 is 0 Å². The number of aromatic nitrogens is 3. The predicted octanol–water partition coefficient (Wildman–Crippen LogP) is 7.47. The highest BCUT2D eigenvalue weighted by molar-refractivity contribution is 7.81. The Bertz CT molecular complexity index is 1570. The minimum Gasteiger partial charge on any atom is -0.486 e. The lowest BCUT2D eigenvalue weighted by Crippen LogP contribution is -2.15. The number of para-hydroxylation sites is 1. The number of rotatable bonds is 6. The maximum Gasteiger partial charge on any atom is 0.169 e. The van der Waals surface area contributed by atoms with E-state index in [9.17, 15) is 0 Å². The Morgan fingerprint density at radius 2 is 1.76 bits per heavy atom. The number of thiocarbonyl (C=S) groups is 1. The molecule has 7 heteroatoms. The fourth-order valence-electron chi connectivity index (χ4n) is 5.04. The van der Waals surface area contributed by atoms with E-state index in [0.717, 1.165) is 65.5 Å². The predicted molar refractivity (Wildman–Crippen MR) is 154 cm³/mol. The number of anilines is 1. The molecule has 0 saturated carbocycles. The highest BCUT2D eigenvalue weighted by Crippen LogP contribution is 2.37. The van der Waals surface area contributed by atoms with Crippen molar-refractivity contribution in [2.75, 3.05) is 5.32 Å². The first-order valence-electron chi connectivity index (χ1n) is 12.5. The first kappa shape index (κ1) is 23.8. The Kier molecular flexibility index (Phi) is 6.45. The van der Waals surface area contributed by atoms with Crippen molar-refractivity contribution in [1.29, 1.82) is 0 Å². The third-order valence-electron chi connectivity index (χ3n) is 6.83. The lowest BCUT2D eigenvalue weighted by Gasteiger charge is -2.12. The number of halogens is 1. The zero-order chi connectivity index (χ0) is 25.4. The lowest BCUT2D eigenvalue weighted by molar-refractivity contribution is 0.288. The highest BCUT2D eigenvalue weighted by Gasteiger charge is 2.29. The van der Waals surface area contributed by atoms with Gasteiger partial charge < -0.3 is 14.6 Å². The quantitative estimate of drug-likeness (QED) is 0.233. The molecular formula is C30H27ClN4OS. The second-order valence-corrected chi connectivity index (χ2v) is 10.2. The molecule has 0 unspecified atom stereocenters. The maximum absolute atomic E-state index is 6.25.